The second-order valence-corrected chi connectivity index (χ2v) is 5.31. The lowest BCUT2D eigenvalue weighted by molar-refractivity contribution is 0.132. The number of hydrogen-bond acceptors (Lipinski definition) is 1. The van der Waals surface area contributed by atoms with E-state index in [9.17, 15) is 13.9 Å². The number of aliphatic hydroxyl groups excluding tert-OH is 1. The Morgan fingerprint density at radius 3 is 2.70 bits per heavy atom. The molecular weight excluding hydrogens is 258 g/mol. The molecule has 0 amide bonds. The molecule has 0 heterocycles. The van der Waals surface area contributed by atoms with Crippen molar-refractivity contribution >= 4 is 0 Å². The predicted octanol–water partition coefficient (Wildman–Crippen LogP) is 4.12. The maximum absolute atomic E-state index is 13.8. The number of aryl methyl sites for hydroxylation is 1. The molecule has 0 radical (unpaired) electrons. The molecule has 3 rings (SSSR count). The summed E-state index contributed by atoms with van der Waals surface area (Å²) in [5.74, 6) is -1.43. The summed E-state index contributed by atoms with van der Waals surface area (Å²) in [5, 5.41) is 10.5. The Morgan fingerprint density at radius 1 is 1.10 bits per heavy atom. The van der Waals surface area contributed by atoms with Crippen molar-refractivity contribution in [2.75, 3.05) is 0 Å². The largest absolute Gasteiger partial charge is 0.388 e. The molecule has 0 aromatic heterocycles. The molecular formula is C17H16F2O. The topological polar surface area (TPSA) is 20.2 Å². The zero-order valence-corrected chi connectivity index (χ0v) is 11.0. The Labute approximate surface area is 116 Å². The highest BCUT2D eigenvalue weighted by Crippen LogP contribution is 2.40. The van der Waals surface area contributed by atoms with E-state index in [0.717, 1.165) is 30.9 Å². The number of aliphatic hydroxyl groups is 1. The molecule has 1 aliphatic carbocycles. The van der Waals surface area contributed by atoms with Crippen molar-refractivity contribution in [3.05, 3.63) is 70.8 Å². The van der Waals surface area contributed by atoms with Crippen molar-refractivity contribution in [3.8, 4) is 0 Å². The molecule has 0 spiro atoms. The van der Waals surface area contributed by atoms with E-state index in [0.29, 0.717) is 0 Å². The van der Waals surface area contributed by atoms with Crippen molar-refractivity contribution in [2.24, 2.45) is 0 Å². The standard InChI is InChI=1S/C17H16F2O/c18-12-8-9-15(16(19)10-12)17(20)14-7-3-5-11-4-1-2-6-13(11)14/h1-2,4,6,8-10,14,17,20H,3,5,7H2. The molecule has 2 aromatic carbocycles. The third-order valence-corrected chi connectivity index (χ3v) is 4.08. The molecule has 0 aliphatic heterocycles. The van der Waals surface area contributed by atoms with E-state index in [-0.39, 0.29) is 11.5 Å². The zero-order chi connectivity index (χ0) is 14.1. The van der Waals surface area contributed by atoms with Crippen molar-refractivity contribution in [1.29, 1.82) is 0 Å². The van der Waals surface area contributed by atoms with Gasteiger partial charge in [-0.25, -0.2) is 8.78 Å². The fourth-order valence-electron chi connectivity index (χ4n) is 3.08. The Balaban J connectivity index is 1.97. The first-order valence-electron chi connectivity index (χ1n) is 6.87. The summed E-state index contributed by atoms with van der Waals surface area (Å²) in [6, 6.07) is 11.3. The Bertz CT molecular complexity index is 624. The van der Waals surface area contributed by atoms with Crippen molar-refractivity contribution in [1.82, 2.24) is 0 Å². The fourth-order valence-corrected chi connectivity index (χ4v) is 3.08. The quantitative estimate of drug-likeness (QED) is 0.873. The molecule has 2 unspecified atom stereocenters. The average molecular weight is 274 g/mol. The molecule has 2 aromatic rings. The van der Waals surface area contributed by atoms with E-state index in [4.69, 9.17) is 0 Å². The van der Waals surface area contributed by atoms with Crippen LogP contribution in [-0.4, -0.2) is 5.11 Å². The van der Waals surface area contributed by atoms with Gasteiger partial charge in [-0.3, -0.25) is 0 Å². The minimum absolute atomic E-state index is 0.125. The monoisotopic (exact) mass is 274 g/mol. The van der Waals surface area contributed by atoms with Crippen LogP contribution in [0.2, 0.25) is 0 Å². The lowest BCUT2D eigenvalue weighted by atomic mass is 9.78. The number of halogens is 2. The van der Waals surface area contributed by atoms with Crippen molar-refractivity contribution in [3.63, 3.8) is 0 Å². The van der Waals surface area contributed by atoms with Crippen LogP contribution in [0.5, 0.6) is 0 Å². The van der Waals surface area contributed by atoms with Gasteiger partial charge in [-0.15, -0.1) is 0 Å². The van der Waals surface area contributed by atoms with Crippen molar-refractivity contribution < 1.29 is 13.9 Å². The molecule has 1 N–H and O–H groups in total. The highest BCUT2D eigenvalue weighted by molar-refractivity contribution is 5.35. The molecule has 0 fully saturated rings. The van der Waals surface area contributed by atoms with Gasteiger partial charge in [-0.2, -0.15) is 0 Å². The second kappa shape index (κ2) is 5.33. The summed E-state index contributed by atoms with van der Waals surface area (Å²) in [6.45, 7) is 0. The van der Waals surface area contributed by atoms with Crippen LogP contribution in [-0.2, 0) is 6.42 Å². The Kier molecular flexibility index (Phi) is 3.53. The van der Waals surface area contributed by atoms with Gasteiger partial charge >= 0.3 is 0 Å². The molecule has 3 heteroatoms. The van der Waals surface area contributed by atoms with Gasteiger partial charge in [0.25, 0.3) is 0 Å². The molecule has 0 bridgehead atoms. The molecule has 104 valence electrons. The molecule has 1 aliphatic rings. The SMILES string of the molecule is OC(c1ccc(F)cc1F)C1CCCc2ccccc21. The lowest BCUT2D eigenvalue weighted by Crippen LogP contribution is -2.18. The van der Waals surface area contributed by atoms with Crippen LogP contribution in [0.4, 0.5) is 8.78 Å². The summed E-state index contributed by atoms with van der Waals surface area (Å²) in [7, 11) is 0. The van der Waals surface area contributed by atoms with E-state index in [1.165, 1.54) is 17.7 Å². The van der Waals surface area contributed by atoms with Gasteiger partial charge in [0.2, 0.25) is 0 Å². The van der Waals surface area contributed by atoms with E-state index in [1.807, 2.05) is 18.2 Å². The summed E-state index contributed by atoms with van der Waals surface area (Å²) >= 11 is 0. The van der Waals surface area contributed by atoms with Crippen LogP contribution in [0, 0.1) is 11.6 Å². The first-order valence-corrected chi connectivity index (χ1v) is 6.87. The van der Waals surface area contributed by atoms with Crippen LogP contribution in [0.15, 0.2) is 42.5 Å². The van der Waals surface area contributed by atoms with Crippen LogP contribution < -0.4 is 0 Å². The summed E-state index contributed by atoms with van der Waals surface area (Å²) in [5.41, 5.74) is 2.47. The molecule has 0 saturated heterocycles. The Morgan fingerprint density at radius 2 is 1.90 bits per heavy atom. The highest BCUT2D eigenvalue weighted by Gasteiger charge is 2.29. The van der Waals surface area contributed by atoms with E-state index < -0.39 is 17.7 Å². The summed E-state index contributed by atoms with van der Waals surface area (Å²) in [4.78, 5) is 0. The first kappa shape index (κ1) is 13.3. The summed E-state index contributed by atoms with van der Waals surface area (Å²) < 4.78 is 26.8. The Hall–Kier alpha value is -1.74. The van der Waals surface area contributed by atoms with Gasteiger partial charge in [0.1, 0.15) is 11.6 Å². The second-order valence-electron chi connectivity index (χ2n) is 5.31. The predicted molar refractivity (Wildman–Crippen MR) is 73.4 cm³/mol. The van der Waals surface area contributed by atoms with E-state index in [2.05, 4.69) is 6.07 Å². The lowest BCUT2D eigenvalue weighted by Gasteiger charge is -2.29. The minimum Gasteiger partial charge on any atom is -0.388 e. The van der Waals surface area contributed by atoms with E-state index >= 15 is 0 Å². The van der Waals surface area contributed by atoms with Gasteiger partial charge in [-0.1, -0.05) is 30.3 Å². The third-order valence-electron chi connectivity index (χ3n) is 4.08. The van der Waals surface area contributed by atoms with Crippen LogP contribution in [0.1, 0.15) is 41.6 Å². The minimum atomic E-state index is -0.933. The van der Waals surface area contributed by atoms with Crippen LogP contribution >= 0.6 is 0 Å². The van der Waals surface area contributed by atoms with Gasteiger partial charge in [0.15, 0.2) is 0 Å². The van der Waals surface area contributed by atoms with Gasteiger partial charge < -0.3 is 5.11 Å². The highest BCUT2D eigenvalue weighted by atomic mass is 19.1. The summed E-state index contributed by atoms with van der Waals surface area (Å²) in [6.07, 6.45) is 1.85. The van der Waals surface area contributed by atoms with Gasteiger partial charge in [0.05, 0.1) is 6.10 Å². The maximum atomic E-state index is 13.8. The zero-order valence-electron chi connectivity index (χ0n) is 11.0. The molecule has 0 saturated carbocycles. The fraction of sp³-hybridized carbons (Fsp3) is 0.294. The normalized spacial score (nSPS) is 19.4. The number of rotatable bonds is 2. The number of benzene rings is 2. The molecule has 20 heavy (non-hydrogen) atoms. The molecule has 1 nitrogen and oxygen atoms in total. The molecule has 2 atom stereocenters. The van der Waals surface area contributed by atoms with Crippen LogP contribution in [0.25, 0.3) is 0 Å². The van der Waals surface area contributed by atoms with Gasteiger partial charge in [0, 0.05) is 17.5 Å². The smallest absolute Gasteiger partial charge is 0.131 e. The first-order chi connectivity index (χ1) is 9.66. The van der Waals surface area contributed by atoms with Crippen molar-refractivity contribution in [2.45, 2.75) is 31.3 Å². The number of hydrogen-bond donors (Lipinski definition) is 1. The third kappa shape index (κ3) is 2.34. The van der Waals surface area contributed by atoms with Gasteiger partial charge in [-0.05, 0) is 36.5 Å². The maximum Gasteiger partial charge on any atom is 0.131 e. The number of fused-ring (bicyclic) bond motifs is 1. The van der Waals surface area contributed by atoms with E-state index in [1.54, 1.807) is 0 Å². The average Bonchev–Trinajstić information content (AvgIpc) is 2.46. The van der Waals surface area contributed by atoms with Crippen LogP contribution in [0.3, 0.4) is 0 Å².